The van der Waals surface area contributed by atoms with Crippen LogP contribution >= 0.6 is 11.3 Å². The molecule has 0 spiro atoms. The van der Waals surface area contributed by atoms with Gasteiger partial charge in [0.1, 0.15) is 5.00 Å². The molecule has 1 aromatic rings. The molecule has 0 saturated heterocycles. The van der Waals surface area contributed by atoms with Gasteiger partial charge in [-0.15, -0.1) is 11.3 Å². The number of aryl methyl sites for hydroxylation is 1. The van der Waals surface area contributed by atoms with Crippen LogP contribution in [0.5, 0.6) is 0 Å². The summed E-state index contributed by atoms with van der Waals surface area (Å²) < 4.78 is 0. The smallest absolute Gasteiger partial charge is 0.307 e. The third-order valence-electron chi connectivity index (χ3n) is 6.05. The van der Waals surface area contributed by atoms with Gasteiger partial charge in [-0.25, -0.2) is 0 Å². The van der Waals surface area contributed by atoms with Crippen LogP contribution in [-0.4, -0.2) is 28.9 Å². The molecule has 158 valence electrons. The quantitative estimate of drug-likeness (QED) is 0.601. The van der Waals surface area contributed by atoms with Crippen molar-refractivity contribution in [2.45, 2.75) is 71.3 Å². The van der Waals surface area contributed by atoms with E-state index in [9.17, 15) is 19.5 Å². The van der Waals surface area contributed by atoms with Gasteiger partial charge >= 0.3 is 5.97 Å². The standard InChI is InChI=1S/C22H30N2O4S/c1-3-15-13(2)29-21(18(15)20(26)23-14-9-5-4-6-10-14)24-19(25)16-11-7-8-12-17(16)22(27)28/h7-8,14,16-17H,3-6,9-12H2,1-2H3,(H,23,26)(H,24,25)(H,27,28). The number of hydrogen-bond acceptors (Lipinski definition) is 4. The molecule has 2 amide bonds. The van der Waals surface area contributed by atoms with E-state index in [2.05, 4.69) is 10.6 Å². The predicted octanol–water partition coefficient (Wildman–Crippen LogP) is 4.29. The van der Waals surface area contributed by atoms with Crippen molar-refractivity contribution >= 4 is 34.1 Å². The van der Waals surface area contributed by atoms with Gasteiger partial charge < -0.3 is 15.7 Å². The summed E-state index contributed by atoms with van der Waals surface area (Å²) in [7, 11) is 0. The highest BCUT2D eigenvalue weighted by atomic mass is 32.1. The first-order valence-corrected chi connectivity index (χ1v) is 11.4. The highest BCUT2D eigenvalue weighted by Gasteiger charge is 2.35. The van der Waals surface area contributed by atoms with E-state index in [0.717, 1.165) is 36.1 Å². The number of carbonyl (C=O) groups excluding carboxylic acids is 2. The summed E-state index contributed by atoms with van der Waals surface area (Å²) in [6.07, 6.45) is 10.6. The Morgan fingerprint density at radius 1 is 1.10 bits per heavy atom. The van der Waals surface area contributed by atoms with Crippen LogP contribution in [0.1, 0.15) is 72.7 Å². The Morgan fingerprint density at radius 2 is 1.76 bits per heavy atom. The van der Waals surface area contributed by atoms with Crippen molar-refractivity contribution in [3.05, 3.63) is 28.2 Å². The van der Waals surface area contributed by atoms with Gasteiger partial charge in [-0.2, -0.15) is 0 Å². The number of rotatable bonds is 6. The molecule has 7 heteroatoms. The van der Waals surface area contributed by atoms with Crippen molar-refractivity contribution in [1.82, 2.24) is 5.32 Å². The maximum absolute atomic E-state index is 13.1. The molecule has 3 N–H and O–H groups in total. The Kier molecular flexibility index (Phi) is 7.11. The largest absolute Gasteiger partial charge is 0.481 e. The van der Waals surface area contributed by atoms with Crippen molar-refractivity contribution < 1.29 is 19.5 Å². The second kappa shape index (κ2) is 9.57. The fraction of sp³-hybridized carbons (Fsp3) is 0.591. The molecule has 0 radical (unpaired) electrons. The van der Waals surface area contributed by atoms with Crippen molar-refractivity contribution in [1.29, 1.82) is 0 Å². The highest BCUT2D eigenvalue weighted by molar-refractivity contribution is 7.16. The molecular formula is C22H30N2O4S. The molecule has 0 bridgehead atoms. The monoisotopic (exact) mass is 418 g/mol. The Morgan fingerprint density at radius 3 is 2.38 bits per heavy atom. The van der Waals surface area contributed by atoms with Gasteiger partial charge in [0.05, 0.1) is 17.4 Å². The summed E-state index contributed by atoms with van der Waals surface area (Å²) in [6, 6.07) is 0.185. The molecule has 0 aliphatic heterocycles. The number of aliphatic carboxylic acids is 1. The zero-order valence-corrected chi connectivity index (χ0v) is 17.9. The number of amides is 2. The number of nitrogens with one attached hydrogen (secondary N) is 2. The zero-order valence-electron chi connectivity index (χ0n) is 17.1. The van der Waals surface area contributed by atoms with Gasteiger partial charge in [0.2, 0.25) is 5.91 Å². The molecule has 2 aliphatic carbocycles. The van der Waals surface area contributed by atoms with Crippen molar-refractivity contribution in [2.75, 3.05) is 5.32 Å². The maximum Gasteiger partial charge on any atom is 0.307 e. The summed E-state index contributed by atoms with van der Waals surface area (Å²) in [4.78, 5) is 38.6. The maximum atomic E-state index is 13.1. The molecule has 1 heterocycles. The van der Waals surface area contributed by atoms with E-state index in [-0.39, 0.29) is 17.9 Å². The van der Waals surface area contributed by atoms with Gasteiger partial charge in [-0.1, -0.05) is 38.3 Å². The normalized spacial score (nSPS) is 22.3. The molecule has 2 unspecified atom stereocenters. The lowest BCUT2D eigenvalue weighted by Gasteiger charge is -2.25. The summed E-state index contributed by atoms with van der Waals surface area (Å²) in [5.41, 5.74) is 1.50. The second-order valence-corrected chi connectivity index (χ2v) is 9.21. The SMILES string of the molecule is CCc1c(C)sc(NC(=O)C2CC=CCC2C(=O)O)c1C(=O)NC1CCCCC1. The lowest BCUT2D eigenvalue weighted by atomic mass is 9.82. The molecule has 1 saturated carbocycles. The van der Waals surface area contributed by atoms with Crippen LogP contribution in [-0.2, 0) is 16.0 Å². The number of carbonyl (C=O) groups is 3. The van der Waals surface area contributed by atoms with E-state index in [1.165, 1.54) is 17.8 Å². The Labute approximate surface area is 175 Å². The molecule has 6 nitrogen and oxygen atoms in total. The minimum atomic E-state index is -0.957. The number of allylic oxidation sites excluding steroid dienone is 2. The van der Waals surface area contributed by atoms with Gasteiger partial charge in [-0.05, 0) is 44.6 Å². The van der Waals surface area contributed by atoms with Crippen LogP contribution < -0.4 is 10.6 Å². The highest BCUT2D eigenvalue weighted by Crippen LogP contribution is 2.35. The fourth-order valence-electron chi connectivity index (χ4n) is 4.42. The van der Waals surface area contributed by atoms with Gasteiger partial charge in [0.25, 0.3) is 5.91 Å². The summed E-state index contributed by atoms with van der Waals surface area (Å²) >= 11 is 1.40. The topological polar surface area (TPSA) is 95.5 Å². The van der Waals surface area contributed by atoms with Crippen LogP contribution in [0, 0.1) is 18.8 Å². The van der Waals surface area contributed by atoms with E-state index in [1.54, 1.807) is 0 Å². The molecule has 1 fully saturated rings. The lowest BCUT2D eigenvalue weighted by Crippen LogP contribution is -2.37. The van der Waals surface area contributed by atoms with Crippen LogP contribution in [0.15, 0.2) is 12.2 Å². The van der Waals surface area contributed by atoms with Crippen molar-refractivity contribution in [3.8, 4) is 0 Å². The van der Waals surface area contributed by atoms with Crippen LogP contribution in [0.25, 0.3) is 0 Å². The number of anilines is 1. The number of carboxylic acids is 1. The predicted molar refractivity (Wildman–Crippen MR) is 114 cm³/mol. The molecular weight excluding hydrogens is 388 g/mol. The van der Waals surface area contributed by atoms with Crippen molar-refractivity contribution in [2.24, 2.45) is 11.8 Å². The Bertz CT molecular complexity index is 808. The molecule has 2 aliphatic rings. The molecule has 2 atom stereocenters. The molecule has 1 aromatic heterocycles. The average molecular weight is 419 g/mol. The first kappa shape index (κ1) is 21.6. The first-order valence-electron chi connectivity index (χ1n) is 10.5. The van der Waals surface area contributed by atoms with E-state index in [4.69, 9.17) is 0 Å². The lowest BCUT2D eigenvalue weighted by molar-refractivity contribution is -0.146. The molecule has 29 heavy (non-hydrogen) atoms. The Hall–Kier alpha value is -2.15. The summed E-state index contributed by atoms with van der Waals surface area (Å²) in [6.45, 7) is 3.96. The Balaban J connectivity index is 1.81. The van der Waals surface area contributed by atoms with E-state index >= 15 is 0 Å². The van der Waals surface area contributed by atoms with E-state index < -0.39 is 17.8 Å². The molecule has 0 aromatic carbocycles. The first-order chi connectivity index (χ1) is 13.9. The third kappa shape index (κ3) is 4.89. The van der Waals surface area contributed by atoms with Gasteiger partial charge in [0, 0.05) is 10.9 Å². The number of thiophene rings is 1. The average Bonchev–Trinajstić information content (AvgIpc) is 3.03. The second-order valence-electron chi connectivity index (χ2n) is 7.99. The fourth-order valence-corrected chi connectivity index (χ4v) is 5.56. The van der Waals surface area contributed by atoms with Gasteiger partial charge in [-0.3, -0.25) is 14.4 Å². The third-order valence-corrected chi connectivity index (χ3v) is 7.12. The zero-order chi connectivity index (χ0) is 21.0. The minimum Gasteiger partial charge on any atom is -0.481 e. The van der Waals surface area contributed by atoms with Crippen LogP contribution in [0.2, 0.25) is 0 Å². The summed E-state index contributed by atoms with van der Waals surface area (Å²) in [5.74, 6) is -2.77. The van der Waals surface area contributed by atoms with E-state index in [1.807, 2.05) is 26.0 Å². The van der Waals surface area contributed by atoms with Crippen LogP contribution in [0.3, 0.4) is 0 Å². The minimum absolute atomic E-state index is 0.133. The number of hydrogen-bond donors (Lipinski definition) is 3. The van der Waals surface area contributed by atoms with E-state index in [0.29, 0.717) is 29.8 Å². The summed E-state index contributed by atoms with van der Waals surface area (Å²) in [5, 5.41) is 16.1. The molecule has 3 rings (SSSR count). The van der Waals surface area contributed by atoms with Crippen molar-refractivity contribution in [3.63, 3.8) is 0 Å². The number of carboxylic acid groups (broad SMARTS) is 1. The van der Waals surface area contributed by atoms with Gasteiger partial charge in [0.15, 0.2) is 0 Å². The van der Waals surface area contributed by atoms with Crippen LogP contribution in [0.4, 0.5) is 5.00 Å².